The SMILES string of the molecule is CS(=O)(=O)c1ccc(S(=O)(=O)N2CCC(O)(c3cccc(C(F)(F)F)c3)CC2)cc1. The average Bonchev–Trinajstić information content (AvgIpc) is 2.67. The summed E-state index contributed by atoms with van der Waals surface area (Å²) < 4.78 is 88.7. The first-order valence-corrected chi connectivity index (χ1v) is 12.3. The van der Waals surface area contributed by atoms with Gasteiger partial charge in [0.05, 0.1) is 21.0 Å². The van der Waals surface area contributed by atoms with Crippen molar-refractivity contribution in [2.45, 2.75) is 34.4 Å². The topological polar surface area (TPSA) is 91.8 Å². The molecule has 6 nitrogen and oxygen atoms in total. The lowest BCUT2D eigenvalue weighted by Gasteiger charge is -2.38. The number of sulfonamides is 1. The molecule has 0 unspecified atom stereocenters. The van der Waals surface area contributed by atoms with Crippen LogP contribution >= 0.6 is 0 Å². The highest BCUT2D eigenvalue weighted by Gasteiger charge is 2.40. The highest BCUT2D eigenvalue weighted by molar-refractivity contribution is 7.90. The van der Waals surface area contributed by atoms with Crippen molar-refractivity contribution in [2.75, 3.05) is 19.3 Å². The van der Waals surface area contributed by atoms with E-state index in [9.17, 15) is 35.1 Å². The second-order valence-corrected chi connectivity index (χ2v) is 11.2. The highest BCUT2D eigenvalue weighted by Crippen LogP contribution is 2.37. The molecule has 2 aromatic carbocycles. The Morgan fingerprint density at radius 3 is 1.97 bits per heavy atom. The van der Waals surface area contributed by atoms with Crippen LogP contribution in [-0.4, -0.2) is 45.6 Å². The maximum atomic E-state index is 13.0. The Morgan fingerprint density at radius 1 is 0.933 bits per heavy atom. The Morgan fingerprint density at radius 2 is 1.47 bits per heavy atom. The van der Waals surface area contributed by atoms with Crippen molar-refractivity contribution in [3.05, 3.63) is 59.7 Å². The van der Waals surface area contributed by atoms with E-state index in [1.807, 2.05) is 0 Å². The lowest BCUT2D eigenvalue weighted by atomic mass is 9.84. The molecule has 1 aliphatic rings. The van der Waals surface area contributed by atoms with Gasteiger partial charge in [-0.25, -0.2) is 16.8 Å². The number of sulfone groups is 1. The van der Waals surface area contributed by atoms with Crippen LogP contribution in [0.15, 0.2) is 58.3 Å². The van der Waals surface area contributed by atoms with Gasteiger partial charge >= 0.3 is 6.18 Å². The summed E-state index contributed by atoms with van der Waals surface area (Å²) in [6.45, 7) is -0.189. The summed E-state index contributed by atoms with van der Waals surface area (Å²) in [5, 5.41) is 10.9. The Labute approximate surface area is 172 Å². The number of piperidine rings is 1. The fourth-order valence-electron chi connectivity index (χ4n) is 3.38. The maximum Gasteiger partial charge on any atom is 0.416 e. The third kappa shape index (κ3) is 4.53. The number of halogens is 3. The number of aliphatic hydroxyl groups is 1. The summed E-state index contributed by atoms with van der Waals surface area (Å²) in [5.74, 6) is 0. The van der Waals surface area contributed by atoms with E-state index in [4.69, 9.17) is 0 Å². The molecule has 0 bridgehead atoms. The van der Waals surface area contributed by atoms with Crippen LogP contribution in [0.1, 0.15) is 24.0 Å². The van der Waals surface area contributed by atoms with E-state index < -0.39 is 37.2 Å². The molecule has 1 saturated heterocycles. The Hall–Kier alpha value is -1.95. The standard InChI is InChI=1S/C19H20F3NO5S2/c1-29(25,26)16-5-7-17(8-6-16)30(27,28)23-11-9-18(24,10-12-23)14-3-2-4-15(13-14)19(20,21)22/h2-8,13,24H,9-12H2,1H3. The van der Waals surface area contributed by atoms with Gasteiger partial charge in [-0.15, -0.1) is 0 Å². The van der Waals surface area contributed by atoms with E-state index in [-0.39, 0.29) is 41.3 Å². The normalized spacial score (nSPS) is 18.3. The van der Waals surface area contributed by atoms with E-state index in [0.29, 0.717) is 0 Å². The van der Waals surface area contributed by atoms with Gasteiger partial charge in [0.15, 0.2) is 9.84 Å². The third-order valence-corrected chi connectivity index (χ3v) is 8.21. The fourth-order valence-corrected chi connectivity index (χ4v) is 5.45. The molecule has 0 atom stereocenters. The number of alkyl halides is 3. The smallest absolute Gasteiger partial charge is 0.385 e. The van der Waals surface area contributed by atoms with Gasteiger partial charge in [-0.2, -0.15) is 17.5 Å². The molecule has 0 aliphatic carbocycles. The lowest BCUT2D eigenvalue weighted by Crippen LogP contribution is -2.45. The molecule has 0 saturated carbocycles. The van der Waals surface area contributed by atoms with Crippen molar-refractivity contribution in [1.82, 2.24) is 4.31 Å². The molecule has 1 fully saturated rings. The van der Waals surface area contributed by atoms with E-state index in [1.54, 1.807) is 0 Å². The molecule has 1 aliphatic heterocycles. The summed E-state index contributed by atoms with van der Waals surface area (Å²) >= 11 is 0. The molecule has 30 heavy (non-hydrogen) atoms. The first kappa shape index (κ1) is 22.7. The summed E-state index contributed by atoms with van der Waals surface area (Å²) in [6.07, 6.45) is -3.69. The molecule has 3 rings (SSSR count). The van der Waals surface area contributed by atoms with Gasteiger partial charge in [0.25, 0.3) is 0 Å². The zero-order valence-corrected chi connectivity index (χ0v) is 17.6. The zero-order valence-electron chi connectivity index (χ0n) is 15.9. The molecular formula is C19H20F3NO5S2. The van der Waals surface area contributed by atoms with Gasteiger partial charge in [-0.1, -0.05) is 12.1 Å². The third-order valence-electron chi connectivity index (χ3n) is 5.17. The van der Waals surface area contributed by atoms with Crippen LogP contribution in [0, 0.1) is 0 Å². The van der Waals surface area contributed by atoms with Crippen LogP contribution in [-0.2, 0) is 31.6 Å². The van der Waals surface area contributed by atoms with Crippen LogP contribution in [0.25, 0.3) is 0 Å². The second kappa shape index (κ2) is 7.63. The summed E-state index contributed by atoms with van der Waals surface area (Å²) in [5.41, 5.74) is -2.37. The van der Waals surface area contributed by atoms with Crippen LogP contribution < -0.4 is 0 Å². The Kier molecular flexibility index (Phi) is 5.78. The summed E-state index contributed by atoms with van der Waals surface area (Å²) in [4.78, 5) is -0.113. The molecule has 1 heterocycles. The Bertz CT molecular complexity index is 1140. The minimum Gasteiger partial charge on any atom is -0.385 e. The monoisotopic (exact) mass is 463 g/mol. The van der Waals surface area contributed by atoms with E-state index in [1.165, 1.54) is 36.4 Å². The van der Waals surface area contributed by atoms with Gasteiger partial charge in [-0.3, -0.25) is 0 Å². The van der Waals surface area contributed by atoms with E-state index in [2.05, 4.69) is 0 Å². The number of rotatable bonds is 4. The van der Waals surface area contributed by atoms with Gasteiger partial charge in [0, 0.05) is 19.3 Å². The molecule has 0 amide bonds. The number of hydrogen-bond donors (Lipinski definition) is 1. The van der Waals surface area contributed by atoms with Crippen LogP contribution in [0.3, 0.4) is 0 Å². The predicted molar refractivity (Wildman–Crippen MR) is 103 cm³/mol. The minimum atomic E-state index is -4.55. The molecular weight excluding hydrogens is 443 g/mol. The zero-order chi connectivity index (χ0) is 22.4. The highest BCUT2D eigenvalue weighted by atomic mass is 32.2. The van der Waals surface area contributed by atoms with Crippen molar-refractivity contribution in [1.29, 1.82) is 0 Å². The van der Waals surface area contributed by atoms with Crippen molar-refractivity contribution in [2.24, 2.45) is 0 Å². The Balaban J connectivity index is 1.79. The number of benzene rings is 2. The number of hydrogen-bond acceptors (Lipinski definition) is 5. The predicted octanol–water partition coefficient (Wildman–Crippen LogP) is 2.78. The average molecular weight is 463 g/mol. The summed E-state index contributed by atoms with van der Waals surface area (Å²) in [6, 6.07) is 9.18. The van der Waals surface area contributed by atoms with Gasteiger partial charge in [0.2, 0.25) is 10.0 Å². The molecule has 2 aromatic rings. The molecule has 0 aromatic heterocycles. The van der Waals surface area contributed by atoms with Crippen LogP contribution in [0.4, 0.5) is 13.2 Å². The minimum absolute atomic E-state index is 0.0148. The molecule has 164 valence electrons. The largest absolute Gasteiger partial charge is 0.416 e. The van der Waals surface area contributed by atoms with Gasteiger partial charge in [0.1, 0.15) is 0 Å². The van der Waals surface area contributed by atoms with E-state index >= 15 is 0 Å². The van der Waals surface area contributed by atoms with E-state index in [0.717, 1.165) is 22.7 Å². The molecule has 1 N–H and O–H groups in total. The molecule has 0 radical (unpaired) electrons. The molecule has 0 spiro atoms. The van der Waals surface area contributed by atoms with Crippen LogP contribution in [0.2, 0.25) is 0 Å². The maximum absolute atomic E-state index is 13.0. The second-order valence-electron chi connectivity index (χ2n) is 7.26. The first-order valence-electron chi connectivity index (χ1n) is 8.94. The quantitative estimate of drug-likeness (QED) is 0.753. The van der Waals surface area contributed by atoms with Gasteiger partial charge in [-0.05, 0) is 54.8 Å². The van der Waals surface area contributed by atoms with Crippen molar-refractivity contribution < 1.29 is 35.1 Å². The first-order chi connectivity index (χ1) is 13.7. The van der Waals surface area contributed by atoms with Crippen molar-refractivity contribution in [3.63, 3.8) is 0 Å². The van der Waals surface area contributed by atoms with Gasteiger partial charge < -0.3 is 5.11 Å². The summed E-state index contributed by atoms with van der Waals surface area (Å²) in [7, 11) is -7.41. The van der Waals surface area contributed by atoms with Crippen molar-refractivity contribution in [3.8, 4) is 0 Å². The number of nitrogens with zero attached hydrogens (tertiary/aromatic N) is 1. The molecule has 11 heteroatoms. The van der Waals surface area contributed by atoms with Crippen molar-refractivity contribution >= 4 is 19.9 Å². The van der Waals surface area contributed by atoms with Crippen LogP contribution in [0.5, 0.6) is 0 Å². The lowest BCUT2D eigenvalue weighted by molar-refractivity contribution is -0.137. The fraction of sp³-hybridized carbons (Fsp3) is 0.368.